The molecule has 19 heavy (non-hydrogen) atoms. The van der Waals surface area contributed by atoms with Gasteiger partial charge in [0.25, 0.3) is 0 Å². The fraction of sp³-hybridized carbons (Fsp3) is 0.133. The van der Waals surface area contributed by atoms with Gasteiger partial charge in [0.05, 0.1) is 6.54 Å². The fourth-order valence-corrected chi connectivity index (χ4v) is 2.04. The Morgan fingerprint density at radius 3 is 2.58 bits per heavy atom. The van der Waals surface area contributed by atoms with Crippen molar-refractivity contribution >= 4 is 27.5 Å². The maximum Gasteiger partial charge on any atom is 0.239 e. The van der Waals surface area contributed by atoms with E-state index in [1.165, 1.54) is 0 Å². The topological polar surface area (TPSA) is 41.1 Å². The van der Waals surface area contributed by atoms with Crippen LogP contribution < -0.4 is 10.6 Å². The summed E-state index contributed by atoms with van der Waals surface area (Å²) in [6.45, 7) is 0.823. The highest BCUT2D eigenvalue weighted by atomic mass is 79.9. The zero-order valence-electron chi connectivity index (χ0n) is 10.4. The van der Waals surface area contributed by atoms with Crippen molar-refractivity contribution in [1.29, 1.82) is 0 Å². The number of halogens is 1. The maximum absolute atomic E-state index is 11.7. The Morgan fingerprint density at radius 2 is 1.84 bits per heavy atom. The first-order valence-corrected chi connectivity index (χ1v) is 6.83. The second kappa shape index (κ2) is 6.95. The third kappa shape index (κ3) is 4.75. The van der Waals surface area contributed by atoms with E-state index in [0.717, 1.165) is 15.7 Å². The Bertz CT molecular complexity index is 543. The van der Waals surface area contributed by atoms with Crippen LogP contribution in [0.2, 0.25) is 0 Å². The summed E-state index contributed by atoms with van der Waals surface area (Å²) in [5.41, 5.74) is 2.02. The molecular formula is C15H15BrN2O. The summed E-state index contributed by atoms with van der Waals surface area (Å²) >= 11 is 3.39. The minimum atomic E-state index is -0.0242. The highest BCUT2D eigenvalue weighted by Gasteiger charge is 2.01. The fourth-order valence-electron chi connectivity index (χ4n) is 1.64. The van der Waals surface area contributed by atoms with Gasteiger partial charge in [-0.3, -0.25) is 4.79 Å². The average molecular weight is 319 g/mol. The lowest BCUT2D eigenvalue weighted by atomic mass is 10.2. The molecule has 0 atom stereocenters. The van der Waals surface area contributed by atoms with Crippen LogP contribution in [0, 0.1) is 0 Å². The number of anilines is 1. The van der Waals surface area contributed by atoms with Gasteiger partial charge in [-0.15, -0.1) is 0 Å². The number of benzene rings is 2. The van der Waals surface area contributed by atoms with Crippen molar-refractivity contribution in [2.24, 2.45) is 0 Å². The summed E-state index contributed by atoms with van der Waals surface area (Å²) in [5.74, 6) is -0.0242. The lowest BCUT2D eigenvalue weighted by molar-refractivity contribution is -0.119. The van der Waals surface area contributed by atoms with Crippen molar-refractivity contribution in [2.45, 2.75) is 6.54 Å². The number of hydrogen-bond donors (Lipinski definition) is 2. The minimum absolute atomic E-state index is 0.0242. The van der Waals surface area contributed by atoms with Crippen molar-refractivity contribution in [2.75, 3.05) is 11.9 Å². The maximum atomic E-state index is 11.7. The second-order valence-corrected chi connectivity index (χ2v) is 5.04. The van der Waals surface area contributed by atoms with Crippen LogP contribution >= 0.6 is 15.9 Å². The molecule has 0 saturated heterocycles. The second-order valence-electron chi connectivity index (χ2n) is 4.13. The Morgan fingerprint density at radius 1 is 1.05 bits per heavy atom. The summed E-state index contributed by atoms with van der Waals surface area (Å²) in [6.07, 6.45) is 0. The molecule has 98 valence electrons. The van der Waals surface area contributed by atoms with E-state index in [-0.39, 0.29) is 12.5 Å². The molecule has 4 heteroatoms. The number of rotatable bonds is 5. The van der Waals surface area contributed by atoms with Gasteiger partial charge in [-0.05, 0) is 23.8 Å². The van der Waals surface area contributed by atoms with Crippen LogP contribution in [0.25, 0.3) is 0 Å². The predicted octanol–water partition coefficient (Wildman–Crippen LogP) is 3.18. The molecule has 0 unspecified atom stereocenters. The van der Waals surface area contributed by atoms with Crippen LogP contribution in [0.5, 0.6) is 0 Å². The Balaban J connectivity index is 1.76. The van der Waals surface area contributed by atoms with Crippen LogP contribution in [-0.4, -0.2) is 12.5 Å². The molecule has 0 heterocycles. The molecule has 2 N–H and O–H groups in total. The first kappa shape index (κ1) is 13.6. The highest BCUT2D eigenvalue weighted by molar-refractivity contribution is 9.10. The number of carbonyl (C=O) groups excluding carboxylic acids is 1. The Labute approximate surface area is 121 Å². The first-order valence-electron chi connectivity index (χ1n) is 6.04. The smallest absolute Gasteiger partial charge is 0.239 e. The minimum Gasteiger partial charge on any atom is -0.376 e. The molecule has 1 amide bonds. The summed E-state index contributed by atoms with van der Waals surface area (Å²) in [7, 11) is 0. The van der Waals surface area contributed by atoms with Crippen LogP contribution in [0.1, 0.15) is 5.56 Å². The first-order chi connectivity index (χ1) is 9.24. The molecule has 0 aliphatic carbocycles. The Hall–Kier alpha value is -1.81. The van der Waals surface area contributed by atoms with E-state index in [1.54, 1.807) is 0 Å². The molecule has 2 rings (SSSR count). The monoisotopic (exact) mass is 318 g/mol. The van der Waals surface area contributed by atoms with Crippen molar-refractivity contribution < 1.29 is 4.79 Å². The van der Waals surface area contributed by atoms with Crippen LogP contribution in [0.4, 0.5) is 5.69 Å². The van der Waals surface area contributed by atoms with Gasteiger partial charge in [0, 0.05) is 16.7 Å². The van der Waals surface area contributed by atoms with E-state index in [0.29, 0.717) is 6.54 Å². The van der Waals surface area contributed by atoms with E-state index >= 15 is 0 Å². The van der Waals surface area contributed by atoms with E-state index < -0.39 is 0 Å². The lowest BCUT2D eigenvalue weighted by Gasteiger charge is -2.08. The molecular weight excluding hydrogens is 304 g/mol. The SMILES string of the molecule is O=C(CNc1cccc(Br)c1)NCc1ccccc1. The third-order valence-electron chi connectivity index (χ3n) is 2.61. The largest absolute Gasteiger partial charge is 0.376 e. The molecule has 0 saturated carbocycles. The van der Waals surface area contributed by atoms with Crippen molar-refractivity contribution in [1.82, 2.24) is 5.32 Å². The Kier molecular flexibility index (Phi) is 4.98. The molecule has 2 aromatic carbocycles. The zero-order chi connectivity index (χ0) is 13.5. The van der Waals surface area contributed by atoms with E-state index in [4.69, 9.17) is 0 Å². The van der Waals surface area contributed by atoms with Gasteiger partial charge >= 0.3 is 0 Å². The van der Waals surface area contributed by atoms with Crippen LogP contribution in [-0.2, 0) is 11.3 Å². The van der Waals surface area contributed by atoms with Gasteiger partial charge in [-0.25, -0.2) is 0 Å². The highest BCUT2D eigenvalue weighted by Crippen LogP contribution is 2.15. The quantitative estimate of drug-likeness (QED) is 0.889. The van der Waals surface area contributed by atoms with Crippen LogP contribution in [0.15, 0.2) is 59.1 Å². The molecule has 0 aromatic heterocycles. The molecule has 0 spiro atoms. The molecule has 0 radical (unpaired) electrons. The molecule has 3 nitrogen and oxygen atoms in total. The zero-order valence-corrected chi connectivity index (χ0v) is 12.0. The van der Waals surface area contributed by atoms with E-state index in [1.807, 2.05) is 54.6 Å². The number of amides is 1. The molecule has 0 aliphatic rings. The van der Waals surface area contributed by atoms with Gasteiger partial charge in [0.1, 0.15) is 0 Å². The summed E-state index contributed by atoms with van der Waals surface area (Å²) in [4.78, 5) is 11.7. The van der Waals surface area contributed by atoms with Gasteiger partial charge in [-0.1, -0.05) is 52.3 Å². The summed E-state index contributed by atoms with van der Waals surface area (Å²) in [6, 6.07) is 17.6. The molecule has 2 aromatic rings. The number of carbonyl (C=O) groups is 1. The standard InChI is InChI=1S/C15H15BrN2O/c16-13-7-4-8-14(9-13)17-11-15(19)18-10-12-5-2-1-3-6-12/h1-9,17H,10-11H2,(H,18,19). The van der Waals surface area contributed by atoms with E-state index in [9.17, 15) is 4.79 Å². The average Bonchev–Trinajstić information content (AvgIpc) is 2.44. The van der Waals surface area contributed by atoms with Gasteiger partial charge in [0.2, 0.25) is 5.91 Å². The van der Waals surface area contributed by atoms with E-state index in [2.05, 4.69) is 26.6 Å². The van der Waals surface area contributed by atoms with Gasteiger partial charge < -0.3 is 10.6 Å². The predicted molar refractivity (Wildman–Crippen MR) is 80.9 cm³/mol. The molecule has 0 fully saturated rings. The normalized spacial score (nSPS) is 9.95. The molecule has 0 aliphatic heterocycles. The van der Waals surface area contributed by atoms with Gasteiger partial charge in [-0.2, -0.15) is 0 Å². The van der Waals surface area contributed by atoms with Gasteiger partial charge in [0.15, 0.2) is 0 Å². The van der Waals surface area contributed by atoms with Crippen molar-refractivity contribution in [3.05, 3.63) is 64.6 Å². The van der Waals surface area contributed by atoms with Crippen molar-refractivity contribution in [3.63, 3.8) is 0 Å². The third-order valence-corrected chi connectivity index (χ3v) is 3.10. The van der Waals surface area contributed by atoms with Crippen molar-refractivity contribution in [3.8, 4) is 0 Å². The number of hydrogen-bond acceptors (Lipinski definition) is 2. The lowest BCUT2D eigenvalue weighted by Crippen LogP contribution is -2.29. The summed E-state index contributed by atoms with van der Waals surface area (Å²) < 4.78 is 0.988. The molecule has 0 bridgehead atoms. The summed E-state index contributed by atoms with van der Waals surface area (Å²) in [5, 5.41) is 5.95. The number of nitrogens with one attached hydrogen (secondary N) is 2. The van der Waals surface area contributed by atoms with Crippen LogP contribution in [0.3, 0.4) is 0 Å².